The molecule has 2 aromatic heterocycles. The van der Waals surface area contributed by atoms with Crippen LogP contribution in [0.2, 0.25) is 0 Å². The SMILES string of the molecule is Cc1oc(-c2ccc(F)cc2)cc1C(=O)Nc1ncc(Cc2ccccc2)s1. The lowest BCUT2D eigenvalue weighted by Crippen LogP contribution is -2.11. The summed E-state index contributed by atoms with van der Waals surface area (Å²) in [5, 5.41) is 3.37. The van der Waals surface area contributed by atoms with E-state index < -0.39 is 0 Å². The smallest absolute Gasteiger partial charge is 0.261 e. The van der Waals surface area contributed by atoms with Gasteiger partial charge in [0.2, 0.25) is 0 Å². The third kappa shape index (κ3) is 4.02. The molecule has 0 spiro atoms. The van der Waals surface area contributed by atoms with Gasteiger partial charge >= 0.3 is 0 Å². The number of aryl methyl sites for hydroxylation is 1. The molecular formula is C22H17FN2O2S. The summed E-state index contributed by atoms with van der Waals surface area (Å²) in [4.78, 5) is 18.0. The second kappa shape index (κ2) is 7.78. The Morgan fingerprint density at radius 2 is 1.89 bits per heavy atom. The van der Waals surface area contributed by atoms with E-state index in [1.807, 2.05) is 18.2 Å². The average Bonchev–Trinajstić information content (AvgIpc) is 3.29. The van der Waals surface area contributed by atoms with Crippen molar-refractivity contribution in [1.29, 1.82) is 0 Å². The first kappa shape index (κ1) is 18.1. The number of halogens is 1. The van der Waals surface area contributed by atoms with Crippen molar-refractivity contribution >= 4 is 22.4 Å². The molecule has 4 aromatic rings. The molecule has 2 heterocycles. The number of anilines is 1. The molecule has 0 saturated carbocycles. The Morgan fingerprint density at radius 1 is 1.14 bits per heavy atom. The van der Waals surface area contributed by atoms with E-state index in [-0.39, 0.29) is 11.7 Å². The molecule has 6 heteroatoms. The fourth-order valence-corrected chi connectivity index (χ4v) is 3.71. The summed E-state index contributed by atoms with van der Waals surface area (Å²) >= 11 is 1.45. The van der Waals surface area contributed by atoms with Crippen molar-refractivity contribution in [1.82, 2.24) is 4.98 Å². The summed E-state index contributed by atoms with van der Waals surface area (Å²) in [5.74, 6) is 0.416. The summed E-state index contributed by atoms with van der Waals surface area (Å²) in [7, 11) is 0. The highest BCUT2D eigenvalue weighted by Crippen LogP contribution is 2.27. The number of aromatic nitrogens is 1. The molecule has 0 saturated heterocycles. The molecule has 0 aliphatic rings. The quantitative estimate of drug-likeness (QED) is 0.474. The zero-order valence-corrected chi connectivity index (χ0v) is 15.9. The van der Waals surface area contributed by atoms with Crippen LogP contribution in [0.25, 0.3) is 11.3 Å². The van der Waals surface area contributed by atoms with Gasteiger partial charge in [0.1, 0.15) is 17.3 Å². The van der Waals surface area contributed by atoms with Crippen molar-refractivity contribution in [3.63, 3.8) is 0 Å². The first-order valence-corrected chi connectivity index (χ1v) is 9.56. The summed E-state index contributed by atoms with van der Waals surface area (Å²) in [6.45, 7) is 1.73. The van der Waals surface area contributed by atoms with E-state index in [9.17, 15) is 9.18 Å². The van der Waals surface area contributed by atoms with Crippen LogP contribution in [-0.4, -0.2) is 10.9 Å². The zero-order valence-electron chi connectivity index (χ0n) is 15.1. The highest BCUT2D eigenvalue weighted by Gasteiger charge is 2.17. The molecule has 1 amide bonds. The third-order valence-corrected chi connectivity index (χ3v) is 5.20. The summed E-state index contributed by atoms with van der Waals surface area (Å²) < 4.78 is 18.8. The lowest BCUT2D eigenvalue weighted by molar-refractivity contribution is 0.102. The normalized spacial score (nSPS) is 10.8. The number of thiazole rings is 1. The first-order chi connectivity index (χ1) is 13.6. The second-order valence-electron chi connectivity index (χ2n) is 6.34. The molecule has 140 valence electrons. The number of carbonyl (C=O) groups excluding carboxylic acids is 1. The number of furan rings is 1. The molecule has 4 rings (SSSR count). The largest absolute Gasteiger partial charge is 0.461 e. The van der Waals surface area contributed by atoms with Crippen molar-refractivity contribution in [3.05, 3.63) is 94.4 Å². The minimum atomic E-state index is -0.319. The maximum absolute atomic E-state index is 13.1. The minimum absolute atomic E-state index is 0.282. The van der Waals surface area contributed by atoms with Gasteiger partial charge in [-0.25, -0.2) is 9.37 Å². The Hall–Kier alpha value is -3.25. The van der Waals surface area contributed by atoms with Gasteiger partial charge in [-0.2, -0.15) is 0 Å². The number of benzene rings is 2. The highest BCUT2D eigenvalue weighted by molar-refractivity contribution is 7.15. The molecule has 4 nitrogen and oxygen atoms in total. The Morgan fingerprint density at radius 3 is 2.64 bits per heavy atom. The lowest BCUT2D eigenvalue weighted by atomic mass is 10.1. The summed E-state index contributed by atoms with van der Waals surface area (Å²) in [6.07, 6.45) is 2.55. The number of hydrogen-bond acceptors (Lipinski definition) is 4. The minimum Gasteiger partial charge on any atom is -0.461 e. The molecule has 2 aromatic carbocycles. The molecule has 28 heavy (non-hydrogen) atoms. The van der Waals surface area contributed by atoms with E-state index in [1.54, 1.807) is 31.3 Å². The number of nitrogens with one attached hydrogen (secondary N) is 1. The molecule has 0 aliphatic carbocycles. The zero-order chi connectivity index (χ0) is 19.5. The van der Waals surface area contributed by atoms with Crippen LogP contribution in [0.3, 0.4) is 0 Å². The maximum atomic E-state index is 13.1. The summed E-state index contributed by atoms with van der Waals surface area (Å²) in [5.41, 5.74) is 2.33. The van der Waals surface area contributed by atoms with Crippen molar-refractivity contribution in [3.8, 4) is 11.3 Å². The Balaban J connectivity index is 1.47. The number of hydrogen-bond donors (Lipinski definition) is 1. The fraction of sp³-hybridized carbons (Fsp3) is 0.0909. The first-order valence-electron chi connectivity index (χ1n) is 8.75. The van der Waals surface area contributed by atoms with Gasteiger partial charge in [-0.1, -0.05) is 30.3 Å². The lowest BCUT2D eigenvalue weighted by Gasteiger charge is -1.99. The number of rotatable bonds is 5. The molecule has 0 radical (unpaired) electrons. The predicted octanol–water partition coefficient (Wildman–Crippen LogP) is 5.69. The topological polar surface area (TPSA) is 55.1 Å². The molecular weight excluding hydrogens is 375 g/mol. The highest BCUT2D eigenvalue weighted by atomic mass is 32.1. The van der Waals surface area contributed by atoms with Crippen LogP contribution in [0, 0.1) is 12.7 Å². The third-order valence-electron chi connectivity index (χ3n) is 4.29. The van der Waals surface area contributed by atoms with Crippen LogP contribution in [0.15, 0.2) is 71.3 Å². The molecule has 0 bridgehead atoms. The van der Waals surface area contributed by atoms with Gasteiger partial charge in [0.25, 0.3) is 5.91 Å². The molecule has 0 aliphatic heterocycles. The van der Waals surface area contributed by atoms with Gasteiger partial charge in [0, 0.05) is 23.1 Å². The van der Waals surface area contributed by atoms with E-state index >= 15 is 0 Å². The fourth-order valence-electron chi connectivity index (χ4n) is 2.87. The predicted molar refractivity (Wildman–Crippen MR) is 108 cm³/mol. The number of carbonyl (C=O) groups is 1. The van der Waals surface area contributed by atoms with Gasteiger partial charge in [-0.3, -0.25) is 10.1 Å². The number of nitrogens with zero attached hydrogens (tertiary/aromatic N) is 1. The van der Waals surface area contributed by atoms with E-state index in [2.05, 4.69) is 22.4 Å². The Labute approximate surface area is 165 Å². The molecule has 0 unspecified atom stereocenters. The van der Waals surface area contributed by atoms with Gasteiger partial charge in [0.05, 0.1) is 5.56 Å². The van der Waals surface area contributed by atoms with Crippen LogP contribution in [0.5, 0.6) is 0 Å². The van der Waals surface area contributed by atoms with Crippen LogP contribution >= 0.6 is 11.3 Å². The van der Waals surface area contributed by atoms with E-state index in [4.69, 9.17) is 4.42 Å². The molecule has 0 atom stereocenters. The van der Waals surface area contributed by atoms with Crippen molar-refractivity contribution in [2.24, 2.45) is 0 Å². The van der Waals surface area contributed by atoms with Crippen molar-refractivity contribution < 1.29 is 13.6 Å². The van der Waals surface area contributed by atoms with Gasteiger partial charge in [-0.05, 0) is 42.8 Å². The Kier molecular flexibility index (Phi) is 5.04. The van der Waals surface area contributed by atoms with E-state index in [0.717, 1.165) is 11.3 Å². The Bertz CT molecular complexity index is 1100. The van der Waals surface area contributed by atoms with Gasteiger partial charge in [0.15, 0.2) is 5.13 Å². The summed E-state index contributed by atoms with van der Waals surface area (Å²) in [6, 6.07) is 17.7. The monoisotopic (exact) mass is 392 g/mol. The maximum Gasteiger partial charge on any atom is 0.261 e. The van der Waals surface area contributed by atoms with Crippen LogP contribution in [0.4, 0.5) is 9.52 Å². The van der Waals surface area contributed by atoms with Crippen molar-refractivity contribution in [2.75, 3.05) is 5.32 Å². The van der Waals surface area contributed by atoms with Gasteiger partial charge < -0.3 is 4.42 Å². The van der Waals surface area contributed by atoms with E-state index in [1.165, 1.54) is 29.0 Å². The molecule has 0 fully saturated rings. The molecule has 1 N–H and O–H groups in total. The van der Waals surface area contributed by atoms with Gasteiger partial charge in [-0.15, -0.1) is 11.3 Å². The number of amides is 1. The van der Waals surface area contributed by atoms with Crippen LogP contribution < -0.4 is 5.32 Å². The second-order valence-corrected chi connectivity index (χ2v) is 7.45. The van der Waals surface area contributed by atoms with Crippen LogP contribution in [0.1, 0.15) is 26.6 Å². The van der Waals surface area contributed by atoms with Crippen LogP contribution in [-0.2, 0) is 6.42 Å². The van der Waals surface area contributed by atoms with Crippen molar-refractivity contribution in [2.45, 2.75) is 13.3 Å². The van der Waals surface area contributed by atoms with E-state index in [0.29, 0.717) is 27.8 Å². The standard InChI is InChI=1S/C22H17FN2O2S/c1-14-19(12-20(27-14)16-7-9-17(23)10-8-16)21(26)25-22-24-13-18(28-22)11-15-5-3-2-4-6-15/h2-10,12-13H,11H2,1H3,(H,24,25,26). The average molecular weight is 392 g/mol.